The van der Waals surface area contributed by atoms with Crippen molar-refractivity contribution in [3.8, 4) is 0 Å². The van der Waals surface area contributed by atoms with Crippen molar-refractivity contribution in [2.75, 3.05) is 26.2 Å². The molecule has 1 aliphatic heterocycles. The molecule has 1 rings (SSSR count). The van der Waals surface area contributed by atoms with E-state index in [-0.39, 0.29) is 0 Å². The van der Waals surface area contributed by atoms with Gasteiger partial charge in [0, 0.05) is 25.7 Å². The standard InChI is InChI=1S/C14H28N2/c1-5-8-15-9-13(3)11-16-10-12(2)6-7-14(16)4/h12,14-15H,3,5-11H2,1-2,4H3. The third-order valence-electron chi connectivity index (χ3n) is 3.48. The summed E-state index contributed by atoms with van der Waals surface area (Å²) < 4.78 is 0. The number of rotatable bonds is 6. The van der Waals surface area contributed by atoms with Gasteiger partial charge in [-0.3, -0.25) is 4.90 Å². The average Bonchev–Trinajstić information content (AvgIpc) is 2.24. The lowest BCUT2D eigenvalue weighted by molar-refractivity contribution is 0.136. The minimum Gasteiger partial charge on any atom is -0.313 e. The first-order valence-corrected chi connectivity index (χ1v) is 6.74. The van der Waals surface area contributed by atoms with Crippen LogP contribution in [0.1, 0.15) is 40.0 Å². The van der Waals surface area contributed by atoms with Crippen LogP contribution in [0.5, 0.6) is 0 Å². The predicted octanol–water partition coefficient (Wildman–Crippen LogP) is 2.66. The van der Waals surface area contributed by atoms with Gasteiger partial charge in [-0.15, -0.1) is 0 Å². The first kappa shape index (κ1) is 13.7. The van der Waals surface area contributed by atoms with Crippen molar-refractivity contribution in [2.24, 2.45) is 5.92 Å². The molecule has 0 radical (unpaired) electrons. The topological polar surface area (TPSA) is 15.3 Å². The second kappa shape index (κ2) is 7.08. The molecule has 1 saturated heterocycles. The number of hydrogen-bond donors (Lipinski definition) is 1. The van der Waals surface area contributed by atoms with Crippen LogP contribution in [-0.4, -0.2) is 37.1 Å². The first-order valence-electron chi connectivity index (χ1n) is 6.74. The summed E-state index contributed by atoms with van der Waals surface area (Å²) in [4.78, 5) is 2.59. The van der Waals surface area contributed by atoms with E-state index in [4.69, 9.17) is 0 Å². The molecule has 0 saturated carbocycles. The maximum Gasteiger partial charge on any atom is 0.0205 e. The Morgan fingerprint density at radius 1 is 1.38 bits per heavy atom. The number of nitrogens with one attached hydrogen (secondary N) is 1. The summed E-state index contributed by atoms with van der Waals surface area (Å²) in [6.07, 6.45) is 3.93. The summed E-state index contributed by atoms with van der Waals surface area (Å²) in [5.41, 5.74) is 1.33. The number of nitrogens with zero attached hydrogens (tertiary/aromatic N) is 1. The Kier molecular flexibility index (Phi) is 6.07. The second-order valence-corrected chi connectivity index (χ2v) is 5.39. The van der Waals surface area contributed by atoms with E-state index in [1.807, 2.05) is 0 Å². The highest BCUT2D eigenvalue weighted by molar-refractivity contribution is 5.01. The Labute approximate surface area is 101 Å². The summed E-state index contributed by atoms with van der Waals surface area (Å²) >= 11 is 0. The molecule has 0 aliphatic carbocycles. The summed E-state index contributed by atoms with van der Waals surface area (Å²) in [5, 5.41) is 3.42. The lowest BCUT2D eigenvalue weighted by atomic mass is 9.94. The summed E-state index contributed by atoms with van der Waals surface area (Å²) in [6.45, 7) is 15.5. The van der Waals surface area contributed by atoms with Crippen LogP contribution in [0.15, 0.2) is 12.2 Å². The molecule has 1 aliphatic rings. The number of hydrogen-bond acceptors (Lipinski definition) is 2. The van der Waals surface area contributed by atoms with Crippen molar-refractivity contribution in [2.45, 2.75) is 46.1 Å². The van der Waals surface area contributed by atoms with Gasteiger partial charge in [0.15, 0.2) is 0 Å². The van der Waals surface area contributed by atoms with Crippen LogP contribution in [0.4, 0.5) is 0 Å². The maximum absolute atomic E-state index is 4.18. The van der Waals surface area contributed by atoms with E-state index in [1.165, 1.54) is 31.4 Å². The number of likely N-dealkylation sites (tertiary alicyclic amines) is 1. The van der Waals surface area contributed by atoms with Crippen LogP contribution >= 0.6 is 0 Å². The zero-order valence-electron chi connectivity index (χ0n) is 11.3. The molecule has 1 N–H and O–H groups in total. The Hall–Kier alpha value is -0.340. The molecular weight excluding hydrogens is 196 g/mol. The normalized spacial score (nSPS) is 26.9. The van der Waals surface area contributed by atoms with Crippen molar-refractivity contribution < 1.29 is 0 Å². The van der Waals surface area contributed by atoms with E-state index in [0.717, 1.165) is 31.6 Å². The third kappa shape index (κ3) is 4.67. The minimum absolute atomic E-state index is 0.735. The predicted molar refractivity (Wildman–Crippen MR) is 71.7 cm³/mol. The van der Waals surface area contributed by atoms with Crippen LogP contribution in [-0.2, 0) is 0 Å². The molecule has 0 amide bonds. The fraction of sp³-hybridized carbons (Fsp3) is 0.857. The van der Waals surface area contributed by atoms with Crippen molar-refractivity contribution >= 4 is 0 Å². The molecule has 2 unspecified atom stereocenters. The van der Waals surface area contributed by atoms with E-state index in [2.05, 4.69) is 37.6 Å². The Morgan fingerprint density at radius 3 is 2.81 bits per heavy atom. The summed E-state index contributed by atoms with van der Waals surface area (Å²) in [5.74, 6) is 0.854. The Morgan fingerprint density at radius 2 is 2.12 bits per heavy atom. The SMILES string of the molecule is C=C(CNCCC)CN1CC(C)CCC1C. The third-order valence-corrected chi connectivity index (χ3v) is 3.48. The fourth-order valence-corrected chi connectivity index (χ4v) is 2.39. The molecule has 0 bridgehead atoms. The molecule has 2 nitrogen and oxygen atoms in total. The van der Waals surface area contributed by atoms with Crippen LogP contribution in [0.25, 0.3) is 0 Å². The van der Waals surface area contributed by atoms with Crippen molar-refractivity contribution in [3.63, 3.8) is 0 Å². The van der Waals surface area contributed by atoms with Crippen molar-refractivity contribution in [1.29, 1.82) is 0 Å². The van der Waals surface area contributed by atoms with Gasteiger partial charge in [-0.1, -0.05) is 20.4 Å². The largest absolute Gasteiger partial charge is 0.313 e. The molecule has 2 atom stereocenters. The van der Waals surface area contributed by atoms with Gasteiger partial charge in [0.1, 0.15) is 0 Å². The lowest BCUT2D eigenvalue weighted by Crippen LogP contribution is -2.42. The Bertz CT molecular complexity index is 213. The minimum atomic E-state index is 0.735. The van der Waals surface area contributed by atoms with Gasteiger partial charge >= 0.3 is 0 Å². The van der Waals surface area contributed by atoms with E-state index in [1.54, 1.807) is 0 Å². The summed E-state index contributed by atoms with van der Waals surface area (Å²) in [6, 6.07) is 0.735. The van der Waals surface area contributed by atoms with Crippen molar-refractivity contribution in [3.05, 3.63) is 12.2 Å². The van der Waals surface area contributed by atoms with E-state index in [9.17, 15) is 0 Å². The molecule has 0 aromatic carbocycles. The zero-order valence-corrected chi connectivity index (χ0v) is 11.3. The molecular formula is C14H28N2. The van der Waals surface area contributed by atoms with E-state index < -0.39 is 0 Å². The van der Waals surface area contributed by atoms with Gasteiger partial charge in [-0.25, -0.2) is 0 Å². The smallest absolute Gasteiger partial charge is 0.0205 e. The molecule has 0 aromatic heterocycles. The maximum atomic E-state index is 4.18. The quantitative estimate of drug-likeness (QED) is 0.551. The Balaban J connectivity index is 2.25. The summed E-state index contributed by atoms with van der Waals surface area (Å²) in [7, 11) is 0. The highest BCUT2D eigenvalue weighted by Crippen LogP contribution is 2.21. The van der Waals surface area contributed by atoms with Gasteiger partial charge in [0.05, 0.1) is 0 Å². The molecule has 94 valence electrons. The zero-order chi connectivity index (χ0) is 12.0. The van der Waals surface area contributed by atoms with Crippen molar-refractivity contribution in [1.82, 2.24) is 10.2 Å². The van der Waals surface area contributed by atoms with Crippen LogP contribution < -0.4 is 5.32 Å². The van der Waals surface area contributed by atoms with Crippen LogP contribution in [0.2, 0.25) is 0 Å². The van der Waals surface area contributed by atoms with Gasteiger partial charge in [0.2, 0.25) is 0 Å². The molecule has 0 aromatic rings. The van der Waals surface area contributed by atoms with Crippen LogP contribution in [0.3, 0.4) is 0 Å². The molecule has 0 spiro atoms. The fourth-order valence-electron chi connectivity index (χ4n) is 2.39. The van der Waals surface area contributed by atoms with Gasteiger partial charge < -0.3 is 5.32 Å². The number of piperidine rings is 1. The molecule has 1 heterocycles. The van der Waals surface area contributed by atoms with Crippen LogP contribution in [0, 0.1) is 5.92 Å². The first-order chi connectivity index (χ1) is 7.63. The van der Waals surface area contributed by atoms with E-state index in [0.29, 0.717) is 0 Å². The lowest BCUT2D eigenvalue weighted by Gasteiger charge is -2.37. The van der Waals surface area contributed by atoms with Gasteiger partial charge in [-0.2, -0.15) is 0 Å². The highest BCUT2D eigenvalue weighted by Gasteiger charge is 2.22. The second-order valence-electron chi connectivity index (χ2n) is 5.39. The molecule has 1 fully saturated rings. The van der Waals surface area contributed by atoms with E-state index >= 15 is 0 Å². The monoisotopic (exact) mass is 224 g/mol. The molecule has 16 heavy (non-hydrogen) atoms. The van der Waals surface area contributed by atoms with Gasteiger partial charge in [0.25, 0.3) is 0 Å². The average molecular weight is 224 g/mol. The van der Waals surface area contributed by atoms with Gasteiger partial charge in [-0.05, 0) is 44.2 Å². The highest BCUT2D eigenvalue weighted by atomic mass is 15.2. The molecule has 2 heteroatoms.